The van der Waals surface area contributed by atoms with Gasteiger partial charge in [0.05, 0.1) is 22.3 Å². The Kier molecular flexibility index (Phi) is 13.8. The van der Waals surface area contributed by atoms with Crippen molar-refractivity contribution in [2.75, 3.05) is 55.2 Å². The number of nitrogens with one attached hydrogen (secondary N) is 2. The average Bonchev–Trinajstić information content (AvgIpc) is 3.26. The number of benzene rings is 5. The average molecular weight is 852 g/mol. The zero-order valence-corrected chi connectivity index (χ0v) is 34.8. The number of piperazine rings is 1. The molecule has 306 valence electrons. The second-order valence-corrected chi connectivity index (χ2v) is 17.7. The molecule has 5 aromatic carbocycles. The van der Waals surface area contributed by atoms with Crippen molar-refractivity contribution in [1.29, 1.82) is 0 Å². The lowest BCUT2D eigenvalue weighted by Crippen LogP contribution is -2.46. The van der Waals surface area contributed by atoms with E-state index in [0.717, 1.165) is 81.7 Å². The minimum Gasteiger partial charge on any atom is -0.369 e. The molecule has 1 saturated heterocycles. The molecule has 5 aromatic rings. The van der Waals surface area contributed by atoms with Gasteiger partial charge in [0.15, 0.2) is 0 Å². The van der Waals surface area contributed by atoms with E-state index >= 15 is 0 Å². The number of rotatable bonds is 16. The van der Waals surface area contributed by atoms with Gasteiger partial charge in [-0.3, -0.25) is 24.8 Å². The molecule has 2 N–H and O–H groups in total. The van der Waals surface area contributed by atoms with Crippen molar-refractivity contribution in [2.45, 2.75) is 41.8 Å². The van der Waals surface area contributed by atoms with Gasteiger partial charge in [-0.25, -0.2) is 13.1 Å². The highest BCUT2D eigenvalue weighted by Gasteiger charge is 2.27. The summed E-state index contributed by atoms with van der Waals surface area (Å²) in [4.78, 5) is 36.8. The summed E-state index contributed by atoms with van der Waals surface area (Å²) in [6.45, 7) is 5.52. The number of thioether (sulfide) groups is 1. The molecular weight excluding hydrogens is 806 g/mol. The highest BCUT2D eigenvalue weighted by Crippen LogP contribution is 2.31. The van der Waals surface area contributed by atoms with Crippen LogP contribution in [0.25, 0.3) is 11.1 Å². The quantitative estimate of drug-likeness (QED) is 0.0431. The Morgan fingerprint density at radius 1 is 0.881 bits per heavy atom. The van der Waals surface area contributed by atoms with Crippen molar-refractivity contribution in [3.05, 3.63) is 148 Å². The molecule has 0 aliphatic carbocycles. The molecule has 59 heavy (non-hydrogen) atoms. The summed E-state index contributed by atoms with van der Waals surface area (Å²) < 4.78 is 29.0. The Labute approximate surface area is 354 Å². The van der Waals surface area contributed by atoms with Crippen LogP contribution in [0.2, 0.25) is 5.02 Å². The molecule has 0 saturated carbocycles. The molecule has 7 rings (SSSR count). The van der Waals surface area contributed by atoms with E-state index in [1.54, 1.807) is 30.2 Å². The molecule has 1 amide bonds. The van der Waals surface area contributed by atoms with Crippen LogP contribution in [0.5, 0.6) is 0 Å². The molecule has 0 radical (unpaired) electrons. The van der Waals surface area contributed by atoms with E-state index in [1.165, 1.54) is 28.2 Å². The first-order chi connectivity index (χ1) is 28.6. The summed E-state index contributed by atoms with van der Waals surface area (Å²) in [5.74, 6) is 0.0257. The van der Waals surface area contributed by atoms with Crippen LogP contribution in [-0.4, -0.2) is 86.6 Å². The number of halogens is 1. The van der Waals surface area contributed by atoms with Crippen LogP contribution in [0.4, 0.5) is 17.1 Å². The molecule has 0 aromatic heterocycles. The highest BCUT2D eigenvalue weighted by molar-refractivity contribution is 7.99. The van der Waals surface area contributed by atoms with Gasteiger partial charge in [0.2, 0.25) is 0 Å². The number of hydrogen-bond donors (Lipinski definition) is 2. The normalized spacial score (nSPS) is 15.1. The van der Waals surface area contributed by atoms with E-state index in [2.05, 4.69) is 55.2 Å². The third kappa shape index (κ3) is 11.0. The van der Waals surface area contributed by atoms with Crippen LogP contribution in [0, 0.1) is 10.1 Å². The van der Waals surface area contributed by atoms with E-state index in [9.17, 15) is 23.3 Å². The first-order valence-electron chi connectivity index (χ1n) is 19.6. The van der Waals surface area contributed by atoms with Gasteiger partial charge < -0.3 is 15.1 Å². The van der Waals surface area contributed by atoms with Gasteiger partial charge in [0.25, 0.3) is 21.6 Å². The number of carbonyl (C=O) groups is 1. The van der Waals surface area contributed by atoms with Crippen LogP contribution < -0.4 is 14.9 Å². The zero-order valence-electron chi connectivity index (χ0n) is 32.5. The lowest BCUT2D eigenvalue weighted by atomic mass is 9.99. The molecule has 2 aliphatic rings. The van der Waals surface area contributed by atoms with Gasteiger partial charge in [-0.15, -0.1) is 11.8 Å². The standard InChI is InChI=1S/C44H46ClN7O5S2/c45-36-17-13-33(14-18-36)40-11-5-4-8-35(40)31-49-25-27-50(28-26-49)37-19-15-34(16-20-37)44(53)48-59(56,57)39-21-22-41(42(30-39)52(54)55)47-43(51-24-7-23-46-32-51)12-6-29-58-38-9-2-1-3-10-38/h1-5,8-11,13-22,30,32,43,47H,6-7,12,23-29,31H2,(H,48,53)/t43-/m1/s1. The third-order valence-corrected chi connectivity index (χ3v) is 13.1. The molecule has 2 heterocycles. The zero-order chi connectivity index (χ0) is 41.2. The lowest BCUT2D eigenvalue weighted by molar-refractivity contribution is -0.384. The number of amides is 1. The fourth-order valence-electron chi connectivity index (χ4n) is 7.27. The van der Waals surface area contributed by atoms with Crippen LogP contribution in [0.15, 0.2) is 136 Å². The van der Waals surface area contributed by atoms with Gasteiger partial charge in [0.1, 0.15) is 5.69 Å². The predicted molar refractivity (Wildman–Crippen MR) is 237 cm³/mol. The number of hydrogen-bond acceptors (Lipinski definition) is 11. The minimum atomic E-state index is -4.45. The summed E-state index contributed by atoms with van der Waals surface area (Å²) in [6, 6.07) is 36.8. The number of nitro groups is 1. The fourth-order valence-corrected chi connectivity index (χ4v) is 9.29. The minimum absolute atomic E-state index is 0.152. The van der Waals surface area contributed by atoms with Gasteiger partial charge >= 0.3 is 0 Å². The van der Waals surface area contributed by atoms with Gasteiger partial charge in [-0.05, 0) is 102 Å². The third-order valence-electron chi connectivity index (χ3n) is 10.4. The predicted octanol–water partition coefficient (Wildman–Crippen LogP) is 8.40. The topological polar surface area (TPSA) is 140 Å². The van der Waals surface area contributed by atoms with Crippen LogP contribution in [-0.2, 0) is 16.6 Å². The number of nitro benzene ring substituents is 1. The molecule has 12 nitrogen and oxygen atoms in total. The van der Waals surface area contributed by atoms with E-state index in [0.29, 0.717) is 11.4 Å². The highest BCUT2D eigenvalue weighted by atomic mass is 35.5. The molecule has 1 fully saturated rings. The van der Waals surface area contributed by atoms with E-state index < -0.39 is 26.5 Å². The SMILES string of the molecule is O=C(NS(=O)(=O)c1ccc(N[C@@H](CCCSc2ccccc2)N2C=NCCC2)c([N+](=O)[O-])c1)c1ccc(N2CCN(Cc3ccccc3-c3ccc(Cl)cc3)CC2)cc1. The molecular formula is C44H46ClN7O5S2. The summed E-state index contributed by atoms with van der Waals surface area (Å²) >= 11 is 7.86. The summed E-state index contributed by atoms with van der Waals surface area (Å²) in [5.41, 5.74) is 4.40. The molecule has 0 unspecified atom stereocenters. The van der Waals surface area contributed by atoms with Crippen molar-refractivity contribution in [3.63, 3.8) is 0 Å². The molecule has 0 spiro atoms. The maximum Gasteiger partial charge on any atom is 0.293 e. The second kappa shape index (κ2) is 19.6. The van der Waals surface area contributed by atoms with Crippen molar-refractivity contribution >= 4 is 62.7 Å². The lowest BCUT2D eigenvalue weighted by Gasteiger charge is -2.36. The van der Waals surface area contributed by atoms with Crippen molar-refractivity contribution in [1.82, 2.24) is 14.5 Å². The van der Waals surface area contributed by atoms with E-state index in [1.807, 2.05) is 65.6 Å². The summed E-state index contributed by atoms with van der Waals surface area (Å²) in [6.07, 6.45) is 3.83. The maximum absolute atomic E-state index is 13.4. The fraction of sp³-hybridized carbons (Fsp3) is 0.273. The van der Waals surface area contributed by atoms with E-state index in [4.69, 9.17) is 11.6 Å². The number of aliphatic imine (C=N–C) groups is 1. The summed E-state index contributed by atoms with van der Waals surface area (Å²) in [5, 5.41) is 16.3. The first kappa shape index (κ1) is 41.7. The Bertz CT molecular complexity index is 2360. The second-order valence-electron chi connectivity index (χ2n) is 14.4. The van der Waals surface area contributed by atoms with Crippen LogP contribution >= 0.6 is 23.4 Å². The maximum atomic E-state index is 13.4. The van der Waals surface area contributed by atoms with E-state index in [-0.39, 0.29) is 22.3 Å². The Hall–Kier alpha value is -5.41. The smallest absolute Gasteiger partial charge is 0.293 e. The number of nitrogens with zero attached hydrogens (tertiary/aromatic N) is 5. The monoisotopic (exact) mass is 851 g/mol. The van der Waals surface area contributed by atoms with Gasteiger partial charge in [-0.1, -0.05) is 66.2 Å². The number of anilines is 2. The van der Waals surface area contributed by atoms with Crippen molar-refractivity contribution in [3.8, 4) is 11.1 Å². The Morgan fingerprint density at radius 2 is 1.61 bits per heavy atom. The van der Waals surface area contributed by atoms with Crippen molar-refractivity contribution < 1.29 is 18.1 Å². The van der Waals surface area contributed by atoms with Crippen LogP contribution in [0.1, 0.15) is 35.2 Å². The van der Waals surface area contributed by atoms with Crippen molar-refractivity contribution in [2.24, 2.45) is 4.99 Å². The summed E-state index contributed by atoms with van der Waals surface area (Å²) in [7, 11) is -4.45. The molecule has 0 bridgehead atoms. The largest absolute Gasteiger partial charge is 0.369 e. The molecule has 2 aliphatic heterocycles. The number of sulfonamides is 1. The Morgan fingerprint density at radius 3 is 2.32 bits per heavy atom. The Balaban J connectivity index is 0.953. The molecule has 1 atom stereocenters. The van der Waals surface area contributed by atoms with Crippen LogP contribution in [0.3, 0.4) is 0 Å². The molecule has 15 heteroatoms. The van der Waals surface area contributed by atoms with Gasteiger partial charge in [-0.2, -0.15) is 0 Å². The van der Waals surface area contributed by atoms with Gasteiger partial charge in [0, 0.05) is 73.0 Å². The number of carbonyl (C=O) groups excluding carboxylic acids is 1. The first-order valence-corrected chi connectivity index (χ1v) is 22.4.